The minimum absolute atomic E-state index is 0.0893. The Morgan fingerprint density at radius 1 is 0.900 bits per heavy atom. The molecule has 5 rings (SSSR count). The Hall–Kier alpha value is -2.94. The summed E-state index contributed by atoms with van der Waals surface area (Å²) >= 11 is 1.78. The number of carbonyl (C=O) groups excluding carboxylic acids is 1. The third kappa shape index (κ3) is 4.70. The lowest BCUT2D eigenvalue weighted by atomic mass is 9.77. The molecule has 2 aliphatic heterocycles. The number of hydrogen-bond acceptors (Lipinski definition) is 11. The van der Waals surface area contributed by atoms with Gasteiger partial charge in [0, 0.05) is 34.5 Å². The molecule has 0 spiro atoms. The van der Waals surface area contributed by atoms with Gasteiger partial charge in [-0.3, -0.25) is 4.79 Å². The summed E-state index contributed by atoms with van der Waals surface area (Å²) in [5, 5.41) is 35.8. The van der Waals surface area contributed by atoms with Gasteiger partial charge in [0.25, 0.3) is 0 Å². The van der Waals surface area contributed by atoms with Gasteiger partial charge in [-0.2, -0.15) is 4.58 Å². The molecule has 1 aliphatic carbocycles. The van der Waals surface area contributed by atoms with Gasteiger partial charge in [-0.25, -0.2) is 10.5 Å². The second kappa shape index (κ2) is 11.1. The van der Waals surface area contributed by atoms with Crippen LogP contribution in [0.5, 0.6) is 0 Å². The van der Waals surface area contributed by atoms with Gasteiger partial charge in [0.15, 0.2) is 5.71 Å². The van der Waals surface area contributed by atoms with E-state index in [2.05, 4.69) is 18.7 Å². The molecule has 2 aromatic rings. The van der Waals surface area contributed by atoms with E-state index in [4.69, 9.17) is 10.5 Å². The number of carbonyl (C=O) groups is 1. The molecular formula is C28H29N2O8S2+. The molecule has 0 aromatic heterocycles. The number of allylic oxidation sites excluding steroid dienone is 5. The maximum absolute atomic E-state index is 13.5. The first-order chi connectivity index (χ1) is 19.1. The minimum Gasteiger partial charge on any atom is -0.506 e. The fourth-order valence-electron chi connectivity index (χ4n) is 5.66. The number of rotatable bonds is 10. The first-order valence-electron chi connectivity index (χ1n) is 12.4. The van der Waals surface area contributed by atoms with Crippen LogP contribution in [0.15, 0.2) is 83.3 Å². The first-order valence-corrected chi connectivity index (χ1v) is 14.2. The zero-order valence-electron chi connectivity index (χ0n) is 22.3. The number of aliphatic hydroxyl groups is 1. The zero-order valence-corrected chi connectivity index (χ0v) is 23.9. The Balaban J connectivity index is 1.54. The highest BCUT2D eigenvalue weighted by atomic mass is 32.2. The summed E-state index contributed by atoms with van der Waals surface area (Å²) in [5.74, 6) is 0.178. The van der Waals surface area contributed by atoms with Crippen LogP contribution < -0.4 is 4.90 Å². The van der Waals surface area contributed by atoms with Crippen LogP contribution in [0.3, 0.4) is 0 Å². The molecule has 2 heterocycles. The van der Waals surface area contributed by atoms with Crippen molar-refractivity contribution in [3.05, 3.63) is 94.4 Å². The van der Waals surface area contributed by atoms with Gasteiger partial charge >= 0.3 is 0 Å². The maximum Gasteiger partial charge on any atom is 0.223 e. The average Bonchev–Trinajstić information content (AvgIpc) is 3.29. The number of hydrogen-bond donors (Lipinski definition) is 3. The number of fused-ring (bicyclic) bond motifs is 2. The lowest BCUT2D eigenvalue weighted by Gasteiger charge is -2.28. The lowest BCUT2D eigenvalue weighted by molar-refractivity contribution is -0.443. The number of nitrogens with zero attached hydrogens (tertiary/aromatic N) is 2. The second-order valence-corrected chi connectivity index (χ2v) is 11.7. The first kappa shape index (κ1) is 28.6. The monoisotopic (exact) mass is 585 g/mol. The highest BCUT2D eigenvalue weighted by Crippen LogP contribution is 2.49. The highest BCUT2D eigenvalue weighted by Gasteiger charge is 2.47. The fourth-order valence-corrected chi connectivity index (χ4v) is 6.59. The fraction of sp³-hybridized carbons (Fsp3) is 0.286. The summed E-state index contributed by atoms with van der Waals surface area (Å²) in [7, 11) is 0. The van der Waals surface area contributed by atoms with Crippen molar-refractivity contribution in [1.29, 1.82) is 0 Å². The van der Waals surface area contributed by atoms with Crippen molar-refractivity contribution >= 4 is 47.0 Å². The number of aliphatic hydroxyl groups excluding tert-OH is 1. The van der Waals surface area contributed by atoms with Crippen LogP contribution in [-0.2, 0) is 34.4 Å². The van der Waals surface area contributed by atoms with E-state index in [1.807, 2.05) is 85.7 Å². The Bertz CT molecular complexity index is 1480. The van der Waals surface area contributed by atoms with Gasteiger partial charge in [-0.05, 0) is 31.6 Å². The summed E-state index contributed by atoms with van der Waals surface area (Å²) in [6.45, 7) is 8.19. The van der Waals surface area contributed by atoms with E-state index < -0.39 is 10.8 Å². The molecule has 210 valence electrons. The zero-order chi connectivity index (χ0) is 28.7. The lowest BCUT2D eigenvalue weighted by Crippen LogP contribution is -2.32. The van der Waals surface area contributed by atoms with Crippen molar-refractivity contribution in [3.8, 4) is 0 Å². The summed E-state index contributed by atoms with van der Waals surface area (Å²) in [4.78, 5) is 15.5. The Morgan fingerprint density at radius 3 is 2.25 bits per heavy atom. The van der Waals surface area contributed by atoms with Crippen molar-refractivity contribution < 1.29 is 43.7 Å². The number of anilines is 1. The van der Waals surface area contributed by atoms with Crippen LogP contribution in [0.4, 0.5) is 11.4 Å². The van der Waals surface area contributed by atoms with Gasteiger partial charge in [-0.15, -0.1) is 8.67 Å². The molecule has 2 aromatic carbocycles. The number of Topliss-reactive ketones (excluding diaryl/α,β-unsaturated/α-hetero) is 1. The normalized spacial score (nSPS) is 20.9. The highest BCUT2D eigenvalue weighted by molar-refractivity contribution is 7.94. The van der Waals surface area contributed by atoms with Crippen LogP contribution in [0.1, 0.15) is 38.8 Å². The van der Waals surface area contributed by atoms with Crippen LogP contribution in [-0.4, -0.2) is 43.4 Å². The third-order valence-electron chi connectivity index (χ3n) is 7.68. The summed E-state index contributed by atoms with van der Waals surface area (Å²) in [5.41, 5.74) is 5.02. The van der Waals surface area contributed by atoms with Gasteiger partial charge in [0.1, 0.15) is 17.8 Å². The van der Waals surface area contributed by atoms with Crippen molar-refractivity contribution in [3.63, 3.8) is 0 Å². The summed E-state index contributed by atoms with van der Waals surface area (Å²) in [6, 6.07) is 15.7. The minimum atomic E-state index is -0.475. The van der Waals surface area contributed by atoms with E-state index in [1.54, 1.807) is 12.2 Å². The molecule has 3 N–H and O–H groups in total. The van der Waals surface area contributed by atoms with Crippen LogP contribution in [0.2, 0.25) is 0 Å². The van der Waals surface area contributed by atoms with E-state index in [1.165, 1.54) is 0 Å². The van der Waals surface area contributed by atoms with E-state index >= 15 is 0 Å². The third-order valence-corrected chi connectivity index (χ3v) is 8.72. The van der Waals surface area contributed by atoms with Crippen molar-refractivity contribution in [2.45, 2.75) is 38.5 Å². The quantitative estimate of drug-likeness (QED) is 0.0747. The van der Waals surface area contributed by atoms with Gasteiger partial charge in [-0.1, -0.05) is 60.3 Å². The van der Waals surface area contributed by atoms with E-state index in [-0.39, 0.29) is 34.4 Å². The summed E-state index contributed by atoms with van der Waals surface area (Å²) < 4.78 is 11.2. The Kier molecular flexibility index (Phi) is 7.97. The molecule has 0 saturated heterocycles. The van der Waals surface area contributed by atoms with Crippen LogP contribution >= 0.6 is 24.1 Å². The van der Waals surface area contributed by atoms with E-state index in [0.29, 0.717) is 0 Å². The molecule has 0 radical (unpaired) electrons. The molecule has 10 nitrogen and oxygen atoms in total. The maximum atomic E-state index is 13.5. The SMILES string of the molecule is CC1(C)C(/C=C2/C(=O)C(/C=C3/N(CSOOO)c4ccccc4C3(C)C)=C2O)=[N+](CSOOO)c2ccccc21. The van der Waals surface area contributed by atoms with Crippen molar-refractivity contribution in [1.82, 2.24) is 0 Å². The molecule has 0 unspecified atom stereocenters. The van der Waals surface area contributed by atoms with E-state index in [0.717, 1.165) is 58.0 Å². The van der Waals surface area contributed by atoms with Crippen molar-refractivity contribution in [2.75, 3.05) is 16.7 Å². The molecule has 0 bridgehead atoms. The number of benzene rings is 2. The average molecular weight is 586 g/mol. The number of ketones is 1. The van der Waals surface area contributed by atoms with Gasteiger partial charge in [0.2, 0.25) is 17.3 Å². The molecule has 0 atom stereocenters. The smallest absolute Gasteiger partial charge is 0.223 e. The molecule has 0 amide bonds. The molecule has 12 heteroatoms. The summed E-state index contributed by atoms with van der Waals surface area (Å²) in [6.07, 6.45) is 3.43. The molecule has 0 fully saturated rings. The molecule has 0 saturated carbocycles. The Labute approximate surface area is 239 Å². The van der Waals surface area contributed by atoms with E-state index in [9.17, 15) is 9.90 Å². The molecule has 3 aliphatic rings. The largest absolute Gasteiger partial charge is 0.506 e. The predicted molar refractivity (Wildman–Crippen MR) is 152 cm³/mol. The van der Waals surface area contributed by atoms with Crippen molar-refractivity contribution in [2.24, 2.45) is 0 Å². The Morgan fingerprint density at radius 2 is 1.55 bits per heavy atom. The molecular weight excluding hydrogens is 556 g/mol. The second-order valence-electron chi connectivity index (χ2n) is 10.5. The van der Waals surface area contributed by atoms with Gasteiger partial charge < -0.3 is 10.0 Å². The van der Waals surface area contributed by atoms with Crippen LogP contribution in [0, 0.1) is 0 Å². The number of para-hydroxylation sites is 2. The van der Waals surface area contributed by atoms with Gasteiger partial charge in [0.05, 0.1) is 34.5 Å². The standard InChI is InChI=1S/C28H28N2O8S2/c1-27(2)19-9-5-7-11-21(19)29(15-39-37-35-33)23(27)13-17-25(31)18(26(17)32)14-24-28(3,4)20-10-6-8-12-22(20)30(24)16-40-38-36-34/h5-14H,15-16H2,1-4H3,(H2-,31,33,34)/p+1. The van der Waals surface area contributed by atoms with Crippen LogP contribution in [0.25, 0.3) is 0 Å². The topological polar surface area (TPSA) is 121 Å². The predicted octanol–water partition coefficient (Wildman–Crippen LogP) is 6.12. The molecule has 40 heavy (non-hydrogen) atoms.